The molecule has 6 rings (SSSR count). The van der Waals surface area contributed by atoms with E-state index in [0.717, 1.165) is 0 Å². The van der Waals surface area contributed by atoms with Crippen LogP contribution in [0.3, 0.4) is 0 Å². The number of carbonyl (C=O) groups is 5. The predicted octanol–water partition coefficient (Wildman–Crippen LogP) is 4.57. The van der Waals surface area contributed by atoms with Crippen LogP contribution in [0.15, 0.2) is 75.8 Å². The van der Waals surface area contributed by atoms with Gasteiger partial charge in [0, 0.05) is 34.3 Å². The summed E-state index contributed by atoms with van der Waals surface area (Å²) in [7, 11) is 1.46. The highest BCUT2D eigenvalue weighted by Crippen LogP contribution is 2.57. The molecule has 0 aromatic heterocycles. The molecule has 1 saturated heterocycles. The van der Waals surface area contributed by atoms with Gasteiger partial charge in [0.2, 0.25) is 11.8 Å². The van der Waals surface area contributed by atoms with Crippen molar-refractivity contribution in [3.05, 3.63) is 86.9 Å². The molecule has 2 aromatic carbocycles. The van der Waals surface area contributed by atoms with Gasteiger partial charge in [-0.2, -0.15) is 0 Å². The summed E-state index contributed by atoms with van der Waals surface area (Å²) in [6.07, 6.45) is 3.49. The maximum atomic E-state index is 14.0. The minimum absolute atomic E-state index is 0.102. The molecule has 1 heterocycles. The third kappa shape index (κ3) is 3.75. The van der Waals surface area contributed by atoms with Crippen LogP contribution < -0.4 is 9.64 Å². The first-order chi connectivity index (χ1) is 19.1. The summed E-state index contributed by atoms with van der Waals surface area (Å²) < 4.78 is 5.69. The molecule has 4 atom stereocenters. The van der Waals surface area contributed by atoms with Gasteiger partial charge in [-0.3, -0.25) is 28.9 Å². The van der Waals surface area contributed by atoms with Crippen LogP contribution in [-0.2, 0) is 19.2 Å². The number of aromatic hydroxyl groups is 1. The summed E-state index contributed by atoms with van der Waals surface area (Å²) in [5.41, 5.74) is 2.41. The number of halogens is 1. The topological polar surface area (TPSA) is 118 Å². The maximum absolute atomic E-state index is 14.0. The van der Waals surface area contributed by atoms with Crippen LogP contribution in [0, 0.1) is 17.8 Å². The van der Waals surface area contributed by atoms with Gasteiger partial charge in [0.1, 0.15) is 11.5 Å². The minimum atomic E-state index is -0.828. The third-order valence-corrected chi connectivity index (χ3v) is 9.00. The quantitative estimate of drug-likeness (QED) is 0.236. The number of ether oxygens (including phenoxy) is 1. The monoisotopic (exact) mass is 601 g/mol. The normalized spacial score (nSPS) is 25.7. The number of rotatable bonds is 4. The number of Topliss-reactive ketones (excluding diaryl/α,β-unsaturated/α-hetero) is 2. The van der Waals surface area contributed by atoms with Gasteiger partial charge in [-0.25, -0.2) is 0 Å². The number of imide groups is 1. The lowest BCUT2D eigenvalue weighted by molar-refractivity contribution is -0.123. The van der Waals surface area contributed by atoms with Gasteiger partial charge in [-0.15, -0.1) is 0 Å². The van der Waals surface area contributed by atoms with E-state index in [-0.39, 0.29) is 57.5 Å². The van der Waals surface area contributed by atoms with Crippen molar-refractivity contribution < 1.29 is 33.8 Å². The number of benzene rings is 2. The van der Waals surface area contributed by atoms with Crippen LogP contribution in [-0.4, -0.2) is 41.4 Å². The number of nitrogens with zero attached hydrogens (tertiary/aromatic N) is 1. The molecule has 0 spiro atoms. The van der Waals surface area contributed by atoms with Crippen molar-refractivity contribution in [3.63, 3.8) is 0 Å². The average molecular weight is 602 g/mol. The molecule has 40 heavy (non-hydrogen) atoms. The molecule has 2 amide bonds. The number of allylic oxidation sites excluding steroid dienone is 6. The number of phenolic OH excluding ortho intramolecular Hbond substituents is 1. The van der Waals surface area contributed by atoms with Gasteiger partial charge in [-0.05, 0) is 78.0 Å². The summed E-state index contributed by atoms with van der Waals surface area (Å²) in [5.74, 6) is -4.13. The number of hydrogen-bond donors (Lipinski definition) is 1. The number of amides is 2. The number of anilines is 1. The molecular formula is C31H24BrNO7. The molecule has 202 valence electrons. The van der Waals surface area contributed by atoms with E-state index in [1.54, 1.807) is 36.4 Å². The zero-order valence-electron chi connectivity index (χ0n) is 21.6. The Morgan fingerprint density at radius 3 is 2.42 bits per heavy atom. The second kappa shape index (κ2) is 9.52. The van der Waals surface area contributed by atoms with Crippen molar-refractivity contribution >= 4 is 50.8 Å². The molecule has 2 aromatic rings. The molecule has 0 bridgehead atoms. The van der Waals surface area contributed by atoms with E-state index in [1.807, 2.05) is 6.08 Å². The number of phenols is 1. The van der Waals surface area contributed by atoms with Crippen molar-refractivity contribution in [3.8, 4) is 11.5 Å². The number of ketones is 3. The van der Waals surface area contributed by atoms with Crippen LogP contribution in [0.5, 0.6) is 11.5 Å². The highest BCUT2D eigenvalue weighted by Gasteiger charge is 2.57. The molecule has 1 fully saturated rings. The Morgan fingerprint density at radius 1 is 1.02 bits per heavy atom. The van der Waals surface area contributed by atoms with Gasteiger partial charge in [-0.1, -0.05) is 17.7 Å². The van der Waals surface area contributed by atoms with Gasteiger partial charge < -0.3 is 9.84 Å². The molecule has 0 radical (unpaired) electrons. The second-order valence-corrected chi connectivity index (χ2v) is 11.3. The van der Waals surface area contributed by atoms with Crippen LogP contribution in [0.25, 0.3) is 0 Å². The van der Waals surface area contributed by atoms with E-state index in [4.69, 9.17) is 4.74 Å². The fraction of sp³-hybridized carbons (Fsp3) is 0.258. The van der Waals surface area contributed by atoms with Crippen molar-refractivity contribution in [2.24, 2.45) is 17.8 Å². The number of fused-ring (bicyclic) bond motifs is 3. The third-order valence-electron chi connectivity index (χ3n) is 8.41. The number of methoxy groups -OCH3 is 1. The Labute approximate surface area is 238 Å². The Balaban J connectivity index is 1.49. The molecule has 4 unspecified atom stereocenters. The lowest BCUT2D eigenvalue weighted by atomic mass is 9.59. The summed E-state index contributed by atoms with van der Waals surface area (Å²) in [5, 5.41) is 11.0. The van der Waals surface area contributed by atoms with E-state index in [9.17, 15) is 29.1 Å². The Hall–Kier alpha value is -4.11. The lowest BCUT2D eigenvalue weighted by Crippen LogP contribution is -2.39. The molecule has 1 N–H and O–H groups in total. The van der Waals surface area contributed by atoms with Crippen molar-refractivity contribution in [1.29, 1.82) is 0 Å². The Kier molecular flexibility index (Phi) is 6.22. The molecule has 4 aliphatic rings. The van der Waals surface area contributed by atoms with E-state index in [0.29, 0.717) is 28.1 Å². The zero-order chi connectivity index (χ0) is 28.5. The highest BCUT2D eigenvalue weighted by atomic mass is 79.9. The molecule has 0 saturated carbocycles. The van der Waals surface area contributed by atoms with Crippen LogP contribution in [0.1, 0.15) is 41.6 Å². The predicted molar refractivity (Wildman–Crippen MR) is 148 cm³/mol. The average Bonchev–Trinajstić information content (AvgIpc) is 3.20. The fourth-order valence-electron chi connectivity index (χ4n) is 6.64. The minimum Gasteiger partial charge on any atom is -0.507 e. The van der Waals surface area contributed by atoms with E-state index < -0.39 is 29.6 Å². The zero-order valence-corrected chi connectivity index (χ0v) is 23.2. The highest BCUT2D eigenvalue weighted by molar-refractivity contribution is 9.12. The second-order valence-electron chi connectivity index (χ2n) is 10.4. The first kappa shape index (κ1) is 26.1. The number of carbonyl (C=O) groups excluding carboxylic acids is 5. The largest absolute Gasteiger partial charge is 0.507 e. The summed E-state index contributed by atoms with van der Waals surface area (Å²) >= 11 is 3.21. The van der Waals surface area contributed by atoms with Gasteiger partial charge >= 0.3 is 0 Å². The molecular weight excluding hydrogens is 578 g/mol. The molecule has 1 aliphatic heterocycles. The first-order valence-corrected chi connectivity index (χ1v) is 13.7. The molecule has 8 nitrogen and oxygen atoms in total. The van der Waals surface area contributed by atoms with E-state index >= 15 is 0 Å². The maximum Gasteiger partial charge on any atom is 0.238 e. The SMILES string of the molecule is COc1cccc(O)c1C1C2=CCC3C(=O)N(c4ccc(C(C)=O)cc4)C(=O)C3C2CC2=C1C(=O)C=C(Br)C2=O. The van der Waals surface area contributed by atoms with E-state index in [2.05, 4.69) is 15.9 Å². The van der Waals surface area contributed by atoms with Crippen LogP contribution >= 0.6 is 15.9 Å². The molecule has 9 heteroatoms. The summed E-state index contributed by atoms with van der Waals surface area (Å²) in [6.45, 7) is 1.44. The van der Waals surface area contributed by atoms with E-state index in [1.165, 1.54) is 31.1 Å². The smallest absolute Gasteiger partial charge is 0.238 e. The van der Waals surface area contributed by atoms with Gasteiger partial charge in [0.15, 0.2) is 17.3 Å². The van der Waals surface area contributed by atoms with Gasteiger partial charge in [0.05, 0.1) is 29.1 Å². The van der Waals surface area contributed by atoms with Crippen LogP contribution in [0.4, 0.5) is 5.69 Å². The molecule has 3 aliphatic carbocycles. The van der Waals surface area contributed by atoms with Crippen molar-refractivity contribution in [2.75, 3.05) is 12.0 Å². The number of hydrogen-bond acceptors (Lipinski definition) is 7. The fourth-order valence-corrected chi connectivity index (χ4v) is 7.09. The standard InChI is InChI=1S/C31H24BrNO7/c1-14(34)15-6-8-16(9-7-15)33-30(38)18-11-10-17-19(25(18)31(33)39)12-20-26(23(36)13-21(32)29(20)37)27(17)28-22(35)4-3-5-24(28)40-2/h3-10,13,18-19,25,27,35H,11-12H2,1-2H3. The van der Waals surface area contributed by atoms with Crippen LogP contribution in [0.2, 0.25) is 0 Å². The van der Waals surface area contributed by atoms with Crippen molar-refractivity contribution in [1.82, 2.24) is 0 Å². The summed E-state index contributed by atoms with van der Waals surface area (Å²) in [4.78, 5) is 67.2. The first-order valence-electron chi connectivity index (χ1n) is 12.9. The van der Waals surface area contributed by atoms with Gasteiger partial charge in [0.25, 0.3) is 0 Å². The van der Waals surface area contributed by atoms with Crippen molar-refractivity contribution in [2.45, 2.75) is 25.7 Å². The Morgan fingerprint density at radius 2 is 1.75 bits per heavy atom. The summed E-state index contributed by atoms with van der Waals surface area (Å²) in [6, 6.07) is 11.1. The lowest BCUT2D eigenvalue weighted by Gasteiger charge is -2.42. The Bertz CT molecular complexity index is 1630.